The number of benzene rings is 2. The molecule has 1 fully saturated rings. The maximum absolute atomic E-state index is 12.5. The Kier molecular flexibility index (Phi) is 5.89. The number of carbonyl (C=O) groups is 2. The summed E-state index contributed by atoms with van der Waals surface area (Å²) in [6.45, 7) is 3.84. The van der Waals surface area contributed by atoms with Gasteiger partial charge in [-0.15, -0.1) is 0 Å². The third kappa shape index (κ3) is 4.42. The van der Waals surface area contributed by atoms with Gasteiger partial charge in [0.15, 0.2) is 0 Å². The van der Waals surface area contributed by atoms with Gasteiger partial charge in [0.2, 0.25) is 0 Å². The molecule has 2 amide bonds. The van der Waals surface area contributed by atoms with Crippen molar-refractivity contribution in [3.63, 3.8) is 0 Å². The van der Waals surface area contributed by atoms with Gasteiger partial charge in [-0.05, 0) is 56.2 Å². The van der Waals surface area contributed by atoms with Crippen LogP contribution in [0.2, 0.25) is 0 Å². The molecule has 1 aliphatic rings. The molecule has 0 radical (unpaired) electrons. The number of hydrogen-bond donors (Lipinski definition) is 1. The van der Waals surface area contributed by atoms with Crippen LogP contribution >= 0.6 is 0 Å². The molecule has 5 nitrogen and oxygen atoms in total. The zero-order valence-electron chi connectivity index (χ0n) is 15.0. The van der Waals surface area contributed by atoms with Crippen molar-refractivity contribution in [2.45, 2.75) is 25.8 Å². The monoisotopic (exact) mass is 352 g/mol. The number of hydrogen-bond acceptors (Lipinski definition) is 3. The van der Waals surface area contributed by atoms with Crippen LogP contribution in [0.1, 0.15) is 40.5 Å². The van der Waals surface area contributed by atoms with Crippen LogP contribution in [0.3, 0.4) is 0 Å². The lowest BCUT2D eigenvalue weighted by Gasteiger charge is -2.32. The van der Waals surface area contributed by atoms with Crippen LogP contribution in [-0.4, -0.2) is 42.5 Å². The van der Waals surface area contributed by atoms with Crippen molar-refractivity contribution in [2.24, 2.45) is 0 Å². The summed E-state index contributed by atoms with van der Waals surface area (Å²) in [5, 5.41) is 3.07. The topological polar surface area (TPSA) is 58.6 Å². The van der Waals surface area contributed by atoms with Gasteiger partial charge >= 0.3 is 0 Å². The van der Waals surface area contributed by atoms with Crippen molar-refractivity contribution in [1.82, 2.24) is 10.2 Å². The molecule has 3 rings (SSSR count). The third-order valence-electron chi connectivity index (χ3n) is 4.57. The Labute approximate surface area is 154 Å². The molecule has 1 heterocycles. The Morgan fingerprint density at radius 3 is 2.27 bits per heavy atom. The highest BCUT2D eigenvalue weighted by Gasteiger charge is 2.24. The molecule has 2 aromatic rings. The van der Waals surface area contributed by atoms with Gasteiger partial charge < -0.3 is 15.0 Å². The number of nitrogens with zero attached hydrogens (tertiary/aromatic N) is 1. The summed E-state index contributed by atoms with van der Waals surface area (Å²) in [7, 11) is 0. The van der Waals surface area contributed by atoms with E-state index in [2.05, 4.69) is 5.32 Å². The van der Waals surface area contributed by atoms with Gasteiger partial charge in [0.1, 0.15) is 5.75 Å². The molecule has 0 spiro atoms. The molecule has 2 aromatic carbocycles. The lowest BCUT2D eigenvalue weighted by molar-refractivity contribution is 0.0698. The molecule has 0 unspecified atom stereocenters. The van der Waals surface area contributed by atoms with Gasteiger partial charge in [0.05, 0.1) is 6.61 Å². The molecule has 0 saturated carbocycles. The van der Waals surface area contributed by atoms with E-state index < -0.39 is 0 Å². The van der Waals surface area contributed by atoms with E-state index in [9.17, 15) is 9.59 Å². The van der Waals surface area contributed by atoms with Gasteiger partial charge in [-0.25, -0.2) is 0 Å². The third-order valence-corrected chi connectivity index (χ3v) is 4.57. The molecule has 0 bridgehead atoms. The number of rotatable bonds is 5. The quantitative estimate of drug-likeness (QED) is 0.899. The van der Waals surface area contributed by atoms with Crippen LogP contribution < -0.4 is 10.1 Å². The minimum atomic E-state index is -0.0825. The Balaban J connectivity index is 1.50. The van der Waals surface area contributed by atoms with Crippen molar-refractivity contribution in [2.75, 3.05) is 19.7 Å². The first-order valence-electron chi connectivity index (χ1n) is 9.05. The number of carbonyl (C=O) groups excluding carboxylic acids is 2. The molecule has 136 valence electrons. The summed E-state index contributed by atoms with van der Waals surface area (Å²) in [4.78, 5) is 26.7. The maximum Gasteiger partial charge on any atom is 0.253 e. The zero-order chi connectivity index (χ0) is 18.4. The fraction of sp³-hybridized carbons (Fsp3) is 0.333. The molecule has 5 heteroatoms. The molecular formula is C21H24N2O3. The number of likely N-dealkylation sites (tertiary alicyclic amines) is 1. The average Bonchev–Trinajstić information content (AvgIpc) is 2.69. The lowest BCUT2D eigenvalue weighted by atomic mass is 10.0. The van der Waals surface area contributed by atoms with Gasteiger partial charge in [0, 0.05) is 30.3 Å². The van der Waals surface area contributed by atoms with E-state index >= 15 is 0 Å². The number of ether oxygens (including phenoxy) is 1. The van der Waals surface area contributed by atoms with Crippen molar-refractivity contribution in [1.29, 1.82) is 0 Å². The number of nitrogens with one attached hydrogen (secondary N) is 1. The molecule has 0 atom stereocenters. The second kappa shape index (κ2) is 8.52. The standard InChI is InChI=1S/C21H24N2O3/c1-2-26-19-10-8-16(9-11-19)20(24)22-18-12-14-23(15-13-18)21(25)17-6-4-3-5-7-17/h3-11,18H,2,12-15H2,1H3,(H,22,24). The van der Waals surface area contributed by atoms with Crippen LogP contribution in [-0.2, 0) is 0 Å². The number of amides is 2. The highest BCUT2D eigenvalue weighted by atomic mass is 16.5. The summed E-state index contributed by atoms with van der Waals surface area (Å²) >= 11 is 0. The van der Waals surface area contributed by atoms with Crippen molar-refractivity contribution < 1.29 is 14.3 Å². The molecule has 1 N–H and O–H groups in total. The summed E-state index contributed by atoms with van der Waals surface area (Å²) in [6, 6.07) is 16.6. The SMILES string of the molecule is CCOc1ccc(C(=O)NC2CCN(C(=O)c3ccccc3)CC2)cc1. The van der Waals surface area contributed by atoms with Gasteiger partial charge in [-0.2, -0.15) is 0 Å². The molecule has 0 aliphatic carbocycles. The minimum absolute atomic E-state index is 0.0573. The summed E-state index contributed by atoms with van der Waals surface area (Å²) in [5.41, 5.74) is 1.33. The van der Waals surface area contributed by atoms with Gasteiger partial charge in [-0.1, -0.05) is 18.2 Å². The van der Waals surface area contributed by atoms with E-state index in [1.165, 1.54) is 0 Å². The number of piperidine rings is 1. The first-order valence-corrected chi connectivity index (χ1v) is 9.05. The van der Waals surface area contributed by atoms with Crippen LogP contribution in [0.5, 0.6) is 5.75 Å². The summed E-state index contributed by atoms with van der Waals surface area (Å²) in [6.07, 6.45) is 1.53. The fourth-order valence-corrected chi connectivity index (χ4v) is 3.13. The van der Waals surface area contributed by atoms with E-state index in [0.29, 0.717) is 30.8 Å². The first kappa shape index (κ1) is 18.0. The van der Waals surface area contributed by atoms with Gasteiger partial charge in [0.25, 0.3) is 11.8 Å². The zero-order valence-corrected chi connectivity index (χ0v) is 15.0. The molecule has 1 saturated heterocycles. The van der Waals surface area contributed by atoms with E-state index in [4.69, 9.17) is 4.74 Å². The highest BCUT2D eigenvalue weighted by molar-refractivity contribution is 5.95. The predicted molar refractivity (Wildman–Crippen MR) is 100 cm³/mol. The Morgan fingerprint density at radius 1 is 1.00 bits per heavy atom. The smallest absolute Gasteiger partial charge is 0.253 e. The largest absolute Gasteiger partial charge is 0.494 e. The fourth-order valence-electron chi connectivity index (χ4n) is 3.13. The van der Waals surface area contributed by atoms with Gasteiger partial charge in [-0.3, -0.25) is 9.59 Å². The van der Waals surface area contributed by atoms with Crippen LogP contribution in [0, 0.1) is 0 Å². The van der Waals surface area contributed by atoms with E-state index in [-0.39, 0.29) is 17.9 Å². The molecule has 1 aliphatic heterocycles. The van der Waals surface area contributed by atoms with E-state index in [1.54, 1.807) is 24.3 Å². The Morgan fingerprint density at radius 2 is 1.65 bits per heavy atom. The van der Waals surface area contributed by atoms with Crippen molar-refractivity contribution in [3.05, 3.63) is 65.7 Å². The van der Waals surface area contributed by atoms with Crippen LogP contribution in [0.25, 0.3) is 0 Å². The maximum atomic E-state index is 12.5. The van der Waals surface area contributed by atoms with Crippen LogP contribution in [0.4, 0.5) is 0 Å². The average molecular weight is 352 g/mol. The molecular weight excluding hydrogens is 328 g/mol. The lowest BCUT2D eigenvalue weighted by Crippen LogP contribution is -2.46. The normalized spacial score (nSPS) is 14.7. The second-order valence-electron chi connectivity index (χ2n) is 6.36. The summed E-state index contributed by atoms with van der Waals surface area (Å²) in [5.74, 6) is 0.736. The van der Waals surface area contributed by atoms with E-state index in [1.807, 2.05) is 42.2 Å². The Bertz CT molecular complexity index is 736. The summed E-state index contributed by atoms with van der Waals surface area (Å²) < 4.78 is 5.39. The minimum Gasteiger partial charge on any atom is -0.494 e. The molecule has 26 heavy (non-hydrogen) atoms. The van der Waals surface area contributed by atoms with Crippen molar-refractivity contribution >= 4 is 11.8 Å². The molecule has 0 aromatic heterocycles. The second-order valence-corrected chi connectivity index (χ2v) is 6.36. The van der Waals surface area contributed by atoms with E-state index in [0.717, 1.165) is 18.6 Å². The van der Waals surface area contributed by atoms with Crippen molar-refractivity contribution in [3.8, 4) is 5.75 Å². The first-order chi connectivity index (χ1) is 12.7. The predicted octanol–water partition coefficient (Wildman–Crippen LogP) is 3.12. The Hall–Kier alpha value is -2.82. The van der Waals surface area contributed by atoms with Crippen LogP contribution in [0.15, 0.2) is 54.6 Å². The highest BCUT2D eigenvalue weighted by Crippen LogP contribution is 2.16.